The van der Waals surface area contributed by atoms with E-state index in [1.54, 1.807) is 0 Å². The Hall–Kier alpha value is -0.0800. The maximum atomic E-state index is 5.83. The number of ether oxygens (including phenoxy) is 2. The first-order chi connectivity index (χ1) is 5.95. The highest BCUT2D eigenvalue weighted by Gasteiger charge is 2.22. The van der Waals surface area contributed by atoms with Crippen molar-refractivity contribution < 1.29 is 9.47 Å². The maximum Gasteiger partial charge on any atom is 0.158 e. The second-order valence-electron chi connectivity index (χ2n) is 3.84. The van der Waals surface area contributed by atoms with Crippen LogP contribution in [0.2, 0.25) is 0 Å². The van der Waals surface area contributed by atoms with Crippen LogP contribution >= 0.6 is 0 Å². The summed E-state index contributed by atoms with van der Waals surface area (Å²) >= 11 is 0. The van der Waals surface area contributed by atoms with Gasteiger partial charge in [-0.2, -0.15) is 0 Å². The van der Waals surface area contributed by atoms with E-state index in [0.717, 1.165) is 13.0 Å². The summed E-state index contributed by atoms with van der Waals surface area (Å²) in [6.45, 7) is 0.900. The first-order valence-electron chi connectivity index (χ1n) is 5.22. The summed E-state index contributed by atoms with van der Waals surface area (Å²) in [7, 11) is 0. The summed E-state index contributed by atoms with van der Waals surface area (Å²) in [5.41, 5.74) is 0. The molecule has 0 unspecified atom stereocenters. The Bertz CT molecular complexity index is 124. The minimum absolute atomic E-state index is 0.132. The van der Waals surface area contributed by atoms with Crippen molar-refractivity contribution in [3.8, 4) is 0 Å². The van der Waals surface area contributed by atoms with Gasteiger partial charge >= 0.3 is 0 Å². The van der Waals surface area contributed by atoms with Crippen molar-refractivity contribution >= 4 is 0 Å². The third-order valence-electron chi connectivity index (χ3n) is 2.78. The summed E-state index contributed by atoms with van der Waals surface area (Å²) in [4.78, 5) is 0. The van der Waals surface area contributed by atoms with Crippen LogP contribution in [0.1, 0.15) is 44.9 Å². The Labute approximate surface area is 74.2 Å². The summed E-state index contributed by atoms with van der Waals surface area (Å²) in [5, 5.41) is 0. The molecule has 1 aliphatic heterocycles. The molecule has 0 N–H and O–H groups in total. The third kappa shape index (κ3) is 2.20. The van der Waals surface area contributed by atoms with Crippen LogP contribution in [-0.2, 0) is 9.47 Å². The zero-order valence-corrected chi connectivity index (χ0v) is 7.63. The highest BCUT2D eigenvalue weighted by molar-refractivity contribution is 4.67. The van der Waals surface area contributed by atoms with Crippen LogP contribution in [0.5, 0.6) is 0 Å². The van der Waals surface area contributed by atoms with E-state index in [9.17, 15) is 0 Å². The molecular formula is C10H18O2. The molecule has 0 bridgehead atoms. The normalized spacial score (nSPS) is 32.5. The van der Waals surface area contributed by atoms with Crippen LogP contribution < -0.4 is 0 Å². The van der Waals surface area contributed by atoms with Gasteiger partial charge in [0.15, 0.2) is 6.29 Å². The maximum absolute atomic E-state index is 5.83. The van der Waals surface area contributed by atoms with E-state index in [1.807, 2.05) is 0 Å². The van der Waals surface area contributed by atoms with E-state index in [0.29, 0.717) is 6.10 Å². The molecule has 12 heavy (non-hydrogen) atoms. The first kappa shape index (κ1) is 8.52. The van der Waals surface area contributed by atoms with Gasteiger partial charge in [-0.05, 0) is 19.3 Å². The van der Waals surface area contributed by atoms with Gasteiger partial charge in [0.2, 0.25) is 0 Å². The predicted octanol–water partition coefficient (Wildman–Crippen LogP) is 2.47. The summed E-state index contributed by atoms with van der Waals surface area (Å²) < 4.78 is 11.3. The molecule has 0 spiro atoms. The molecule has 1 aliphatic carbocycles. The average molecular weight is 170 g/mol. The topological polar surface area (TPSA) is 18.5 Å². The highest BCUT2D eigenvalue weighted by atomic mass is 16.7. The Balaban J connectivity index is 1.69. The standard InChI is InChI=1S/C10H18O2/c1-2-5-9(6-3-1)12-10-7-4-8-11-10/h9-10H,1-8H2/t10-/m0/s1. The van der Waals surface area contributed by atoms with E-state index in [-0.39, 0.29) is 6.29 Å². The lowest BCUT2D eigenvalue weighted by atomic mass is 9.98. The van der Waals surface area contributed by atoms with Gasteiger partial charge in [0.05, 0.1) is 6.10 Å². The van der Waals surface area contributed by atoms with Gasteiger partial charge in [-0.15, -0.1) is 0 Å². The lowest BCUT2D eigenvalue weighted by Crippen LogP contribution is -2.23. The van der Waals surface area contributed by atoms with Crippen LogP contribution in [0.3, 0.4) is 0 Å². The fourth-order valence-electron chi connectivity index (χ4n) is 2.07. The molecule has 1 saturated carbocycles. The molecule has 0 aromatic heterocycles. The fourth-order valence-corrected chi connectivity index (χ4v) is 2.07. The van der Waals surface area contributed by atoms with Crippen LogP contribution in [0.25, 0.3) is 0 Å². The van der Waals surface area contributed by atoms with Crippen LogP contribution in [0.4, 0.5) is 0 Å². The molecule has 0 aromatic carbocycles. The van der Waals surface area contributed by atoms with Gasteiger partial charge in [-0.25, -0.2) is 0 Å². The molecule has 2 nitrogen and oxygen atoms in total. The van der Waals surface area contributed by atoms with Crippen LogP contribution in [0, 0.1) is 0 Å². The summed E-state index contributed by atoms with van der Waals surface area (Å²) in [5.74, 6) is 0. The average Bonchev–Trinajstić information content (AvgIpc) is 2.59. The monoisotopic (exact) mass is 170 g/mol. The zero-order valence-electron chi connectivity index (χ0n) is 7.63. The smallest absolute Gasteiger partial charge is 0.158 e. The molecule has 2 heteroatoms. The Kier molecular flexibility index (Phi) is 3.01. The van der Waals surface area contributed by atoms with Crippen molar-refractivity contribution in [3.63, 3.8) is 0 Å². The summed E-state index contributed by atoms with van der Waals surface area (Å²) in [6, 6.07) is 0. The van der Waals surface area contributed by atoms with E-state index < -0.39 is 0 Å². The lowest BCUT2D eigenvalue weighted by molar-refractivity contribution is -0.150. The van der Waals surface area contributed by atoms with Gasteiger partial charge in [-0.1, -0.05) is 19.3 Å². The minimum Gasteiger partial charge on any atom is -0.353 e. The number of hydrogen-bond donors (Lipinski definition) is 0. The fraction of sp³-hybridized carbons (Fsp3) is 1.00. The Morgan fingerprint density at radius 3 is 2.42 bits per heavy atom. The van der Waals surface area contributed by atoms with Gasteiger partial charge in [0, 0.05) is 13.0 Å². The number of rotatable bonds is 2. The lowest BCUT2D eigenvalue weighted by Gasteiger charge is -2.24. The molecule has 2 rings (SSSR count). The van der Waals surface area contributed by atoms with E-state index in [4.69, 9.17) is 9.47 Å². The van der Waals surface area contributed by atoms with Gasteiger partial charge in [-0.3, -0.25) is 0 Å². The van der Waals surface area contributed by atoms with E-state index in [1.165, 1.54) is 38.5 Å². The van der Waals surface area contributed by atoms with Gasteiger partial charge in [0.25, 0.3) is 0 Å². The summed E-state index contributed by atoms with van der Waals surface area (Å²) in [6.07, 6.45) is 9.50. The van der Waals surface area contributed by atoms with Crippen molar-refractivity contribution in [1.82, 2.24) is 0 Å². The molecular weight excluding hydrogens is 152 g/mol. The van der Waals surface area contributed by atoms with Crippen molar-refractivity contribution in [2.45, 2.75) is 57.3 Å². The second kappa shape index (κ2) is 4.24. The highest BCUT2D eigenvalue weighted by Crippen LogP contribution is 2.24. The molecule has 2 aliphatic rings. The molecule has 1 atom stereocenters. The van der Waals surface area contributed by atoms with Crippen LogP contribution in [0.15, 0.2) is 0 Å². The van der Waals surface area contributed by atoms with Crippen molar-refractivity contribution in [3.05, 3.63) is 0 Å². The number of hydrogen-bond acceptors (Lipinski definition) is 2. The SMILES string of the molecule is C1CCC(O[C@H]2CCCO2)CC1. The molecule has 2 fully saturated rings. The predicted molar refractivity (Wildman–Crippen MR) is 46.9 cm³/mol. The Morgan fingerprint density at radius 1 is 0.917 bits per heavy atom. The molecule has 1 heterocycles. The zero-order chi connectivity index (χ0) is 8.23. The van der Waals surface area contributed by atoms with E-state index in [2.05, 4.69) is 0 Å². The van der Waals surface area contributed by atoms with Crippen LogP contribution in [-0.4, -0.2) is 19.0 Å². The molecule has 0 radical (unpaired) electrons. The molecule has 70 valence electrons. The quantitative estimate of drug-likeness (QED) is 0.634. The second-order valence-corrected chi connectivity index (χ2v) is 3.84. The third-order valence-corrected chi connectivity index (χ3v) is 2.78. The largest absolute Gasteiger partial charge is 0.353 e. The molecule has 0 amide bonds. The van der Waals surface area contributed by atoms with Crippen molar-refractivity contribution in [1.29, 1.82) is 0 Å². The first-order valence-corrected chi connectivity index (χ1v) is 5.22. The molecule has 1 saturated heterocycles. The van der Waals surface area contributed by atoms with Gasteiger partial charge in [0.1, 0.15) is 0 Å². The van der Waals surface area contributed by atoms with Crippen molar-refractivity contribution in [2.75, 3.05) is 6.61 Å². The Morgan fingerprint density at radius 2 is 1.75 bits per heavy atom. The van der Waals surface area contributed by atoms with Gasteiger partial charge < -0.3 is 9.47 Å². The molecule has 0 aromatic rings. The van der Waals surface area contributed by atoms with E-state index >= 15 is 0 Å². The minimum atomic E-state index is 0.132. The van der Waals surface area contributed by atoms with Crippen molar-refractivity contribution in [2.24, 2.45) is 0 Å².